The van der Waals surface area contributed by atoms with Crippen molar-refractivity contribution in [3.63, 3.8) is 0 Å². The fraction of sp³-hybridized carbons (Fsp3) is 0.714. The van der Waals surface area contributed by atoms with Crippen molar-refractivity contribution in [3.8, 4) is 0 Å². The summed E-state index contributed by atoms with van der Waals surface area (Å²) in [7, 11) is 0. The molecule has 3 N–H and O–H groups in total. The van der Waals surface area contributed by atoms with Crippen molar-refractivity contribution in [2.75, 3.05) is 12.0 Å². The van der Waals surface area contributed by atoms with Crippen LogP contribution in [0.3, 0.4) is 0 Å². The first-order valence-electron chi connectivity index (χ1n) is 7.28. The minimum atomic E-state index is -0.0191. The van der Waals surface area contributed by atoms with Gasteiger partial charge in [-0.2, -0.15) is 0 Å². The van der Waals surface area contributed by atoms with Crippen molar-refractivity contribution in [3.05, 3.63) is 17.1 Å². The third-order valence-electron chi connectivity index (χ3n) is 3.54. The van der Waals surface area contributed by atoms with Crippen LogP contribution in [0.5, 0.6) is 0 Å². The van der Waals surface area contributed by atoms with E-state index in [9.17, 15) is 0 Å². The van der Waals surface area contributed by atoms with Crippen LogP contribution in [0.4, 0.5) is 5.82 Å². The first-order valence-corrected chi connectivity index (χ1v) is 7.28. The van der Waals surface area contributed by atoms with E-state index in [4.69, 9.17) is 15.6 Å². The summed E-state index contributed by atoms with van der Waals surface area (Å²) in [6.07, 6.45) is 6.39. The van der Waals surface area contributed by atoms with Crippen LogP contribution < -0.4 is 11.3 Å². The van der Waals surface area contributed by atoms with E-state index >= 15 is 0 Å². The minimum Gasteiger partial charge on any atom is -0.371 e. The summed E-state index contributed by atoms with van der Waals surface area (Å²) in [5, 5.41) is 0. The number of nitrogens with one attached hydrogen (secondary N) is 1. The van der Waals surface area contributed by atoms with Gasteiger partial charge >= 0.3 is 0 Å². The van der Waals surface area contributed by atoms with Crippen molar-refractivity contribution in [2.24, 2.45) is 5.84 Å². The number of fused-ring (bicyclic) bond motifs is 1. The number of ether oxygens (including phenoxy) is 1. The van der Waals surface area contributed by atoms with Gasteiger partial charge in [0.2, 0.25) is 0 Å². The molecule has 5 nitrogen and oxygen atoms in total. The molecule has 1 heterocycles. The predicted octanol–water partition coefficient (Wildman–Crippen LogP) is 2.52. The number of nitrogens with zero attached hydrogens (tertiary/aromatic N) is 2. The maximum absolute atomic E-state index is 5.77. The topological polar surface area (TPSA) is 73.1 Å². The van der Waals surface area contributed by atoms with Gasteiger partial charge in [0.05, 0.1) is 0 Å². The predicted molar refractivity (Wildman–Crippen MR) is 75.8 cm³/mol. The Balaban J connectivity index is 2.34. The quantitative estimate of drug-likeness (QED) is 0.610. The van der Waals surface area contributed by atoms with Crippen LogP contribution >= 0.6 is 0 Å². The number of nitrogens with two attached hydrogens (primary N) is 1. The summed E-state index contributed by atoms with van der Waals surface area (Å²) >= 11 is 0. The third kappa shape index (κ3) is 3.22. The van der Waals surface area contributed by atoms with Crippen LogP contribution in [0.25, 0.3) is 0 Å². The maximum Gasteiger partial charge on any atom is 0.159 e. The van der Waals surface area contributed by atoms with Crippen LogP contribution in [0.15, 0.2) is 0 Å². The van der Waals surface area contributed by atoms with Crippen molar-refractivity contribution < 1.29 is 4.74 Å². The molecule has 19 heavy (non-hydrogen) atoms. The van der Waals surface area contributed by atoms with E-state index in [1.165, 1.54) is 18.4 Å². The molecule has 2 rings (SSSR count). The molecule has 106 valence electrons. The van der Waals surface area contributed by atoms with Gasteiger partial charge in [0, 0.05) is 17.9 Å². The van der Waals surface area contributed by atoms with Gasteiger partial charge < -0.3 is 10.2 Å². The number of rotatable bonds is 6. The van der Waals surface area contributed by atoms with Crippen molar-refractivity contribution >= 4 is 5.82 Å². The summed E-state index contributed by atoms with van der Waals surface area (Å²) < 4.78 is 5.77. The largest absolute Gasteiger partial charge is 0.371 e. The number of hydrogen-bond acceptors (Lipinski definition) is 5. The average molecular weight is 264 g/mol. The summed E-state index contributed by atoms with van der Waals surface area (Å²) in [5.41, 5.74) is 5.06. The van der Waals surface area contributed by atoms with Gasteiger partial charge in [-0.3, -0.25) is 0 Å². The Kier molecular flexibility index (Phi) is 5.10. The molecular weight excluding hydrogens is 240 g/mol. The van der Waals surface area contributed by atoms with E-state index in [0.29, 0.717) is 6.61 Å². The highest BCUT2D eigenvalue weighted by atomic mass is 16.5. The molecule has 0 fully saturated rings. The molecule has 1 aliphatic carbocycles. The lowest BCUT2D eigenvalue weighted by molar-refractivity contribution is 0.0492. The van der Waals surface area contributed by atoms with E-state index in [1.807, 2.05) is 6.92 Å². The number of anilines is 1. The normalized spacial score (nSPS) is 15.9. The van der Waals surface area contributed by atoms with E-state index < -0.39 is 0 Å². The Morgan fingerprint density at radius 2 is 2.05 bits per heavy atom. The Morgan fingerprint density at radius 1 is 1.26 bits per heavy atom. The summed E-state index contributed by atoms with van der Waals surface area (Å²) in [4.78, 5) is 9.30. The lowest BCUT2D eigenvalue weighted by atomic mass is 9.96. The molecule has 0 saturated carbocycles. The zero-order valence-electron chi connectivity index (χ0n) is 11.9. The molecule has 1 atom stereocenters. The molecule has 1 aromatic heterocycles. The van der Waals surface area contributed by atoms with Gasteiger partial charge in [0.25, 0.3) is 0 Å². The highest BCUT2D eigenvalue weighted by Crippen LogP contribution is 2.28. The van der Waals surface area contributed by atoms with E-state index in [-0.39, 0.29) is 6.10 Å². The molecule has 0 aliphatic heterocycles. The number of aryl methyl sites for hydroxylation is 1. The average Bonchev–Trinajstić information content (AvgIpc) is 2.46. The van der Waals surface area contributed by atoms with Crippen molar-refractivity contribution in [1.82, 2.24) is 9.97 Å². The monoisotopic (exact) mass is 264 g/mol. The fourth-order valence-corrected chi connectivity index (χ4v) is 2.63. The zero-order chi connectivity index (χ0) is 13.7. The fourth-order valence-electron chi connectivity index (χ4n) is 2.63. The molecular formula is C14H24N4O. The Hall–Kier alpha value is -1.20. The second kappa shape index (κ2) is 6.82. The highest BCUT2D eigenvalue weighted by Gasteiger charge is 2.21. The van der Waals surface area contributed by atoms with Gasteiger partial charge in [0.1, 0.15) is 11.9 Å². The molecule has 0 aromatic carbocycles. The minimum absolute atomic E-state index is 0.0191. The molecule has 0 spiro atoms. The SMILES string of the molecule is CCCC(OCC)c1nc2c(c(NN)n1)CCCC2. The zero-order valence-corrected chi connectivity index (χ0v) is 11.9. The van der Waals surface area contributed by atoms with Crippen LogP contribution in [0.1, 0.15) is 62.7 Å². The molecule has 1 aromatic rings. The number of hydrogen-bond donors (Lipinski definition) is 2. The van der Waals surface area contributed by atoms with E-state index in [0.717, 1.165) is 43.0 Å². The standard InChI is InChI=1S/C14H24N4O/c1-3-7-12(19-4-2)14-16-11-9-6-5-8-10(11)13(17-14)18-15/h12H,3-9,15H2,1-2H3,(H,16,17,18). The first-order chi connectivity index (χ1) is 9.30. The molecule has 1 aliphatic rings. The lowest BCUT2D eigenvalue weighted by Gasteiger charge is -2.21. The maximum atomic E-state index is 5.77. The van der Waals surface area contributed by atoms with E-state index in [2.05, 4.69) is 17.3 Å². The van der Waals surface area contributed by atoms with Crippen molar-refractivity contribution in [1.29, 1.82) is 0 Å². The van der Waals surface area contributed by atoms with Gasteiger partial charge in [0.15, 0.2) is 5.82 Å². The molecule has 0 amide bonds. The van der Waals surface area contributed by atoms with E-state index in [1.54, 1.807) is 0 Å². The van der Waals surface area contributed by atoms with Gasteiger partial charge in [-0.15, -0.1) is 0 Å². The molecule has 5 heteroatoms. The Morgan fingerprint density at radius 3 is 2.74 bits per heavy atom. The number of aromatic nitrogens is 2. The second-order valence-corrected chi connectivity index (χ2v) is 4.94. The molecule has 0 saturated heterocycles. The second-order valence-electron chi connectivity index (χ2n) is 4.94. The van der Waals surface area contributed by atoms with Crippen LogP contribution in [-0.4, -0.2) is 16.6 Å². The Bertz CT molecular complexity index is 399. The van der Waals surface area contributed by atoms with Gasteiger partial charge in [-0.05, 0) is 39.0 Å². The van der Waals surface area contributed by atoms with Crippen molar-refractivity contribution in [2.45, 2.75) is 58.5 Å². The highest BCUT2D eigenvalue weighted by molar-refractivity contribution is 5.47. The number of nitrogen functional groups attached to an aromatic ring is 1. The lowest BCUT2D eigenvalue weighted by Crippen LogP contribution is -2.20. The molecule has 1 unspecified atom stereocenters. The first kappa shape index (κ1) is 14.2. The summed E-state index contributed by atoms with van der Waals surface area (Å²) in [6.45, 7) is 4.83. The van der Waals surface area contributed by atoms with Crippen LogP contribution in [-0.2, 0) is 17.6 Å². The van der Waals surface area contributed by atoms with Crippen LogP contribution in [0, 0.1) is 0 Å². The van der Waals surface area contributed by atoms with Crippen LogP contribution in [0.2, 0.25) is 0 Å². The summed E-state index contributed by atoms with van der Waals surface area (Å²) in [5.74, 6) is 7.16. The third-order valence-corrected chi connectivity index (χ3v) is 3.54. The molecule has 0 bridgehead atoms. The Labute approximate surface area is 114 Å². The molecule has 0 radical (unpaired) electrons. The van der Waals surface area contributed by atoms with Gasteiger partial charge in [-0.25, -0.2) is 15.8 Å². The number of hydrazine groups is 1. The smallest absolute Gasteiger partial charge is 0.159 e. The van der Waals surface area contributed by atoms with Gasteiger partial charge in [-0.1, -0.05) is 13.3 Å². The summed E-state index contributed by atoms with van der Waals surface area (Å²) in [6, 6.07) is 0.